The molecular weight excluding hydrogens is 486 g/mol. The first-order valence-electron chi connectivity index (χ1n) is 11.5. The fraction of sp³-hybridized carbons (Fsp3) is 0.458. The van der Waals surface area contributed by atoms with E-state index in [4.69, 9.17) is 24.4 Å². The van der Waals surface area contributed by atoms with E-state index < -0.39 is 41.4 Å². The molecule has 0 aromatic heterocycles. The number of carbonyl (C=O) groups is 4. The lowest BCUT2D eigenvalue weighted by atomic mass is 9.72. The van der Waals surface area contributed by atoms with E-state index in [0.29, 0.717) is 11.1 Å². The summed E-state index contributed by atoms with van der Waals surface area (Å²) >= 11 is 10.8. The number of amides is 4. The molecule has 0 aliphatic carbocycles. The quantitative estimate of drug-likeness (QED) is 0.405. The Labute approximate surface area is 215 Å². The Morgan fingerprint density at radius 3 is 1.29 bits per heavy atom. The first-order valence-corrected chi connectivity index (χ1v) is 12.3. The Morgan fingerprint density at radius 2 is 1.03 bits per heavy atom. The predicted molar refractivity (Wildman–Crippen MR) is 136 cm³/mol. The fourth-order valence-corrected chi connectivity index (χ4v) is 5.56. The van der Waals surface area contributed by atoms with Crippen LogP contribution >= 0.6 is 24.4 Å². The van der Waals surface area contributed by atoms with Crippen LogP contribution in [0.2, 0.25) is 0 Å². The number of nitrogens with zero attached hydrogens (tertiary/aromatic N) is 5. The van der Waals surface area contributed by atoms with E-state index in [1.807, 2.05) is 6.07 Å². The van der Waals surface area contributed by atoms with E-state index in [1.165, 1.54) is 31.7 Å². The van der Waals surface area contributed by atoms with E-state index in [1.54, 1.807) is 39.8 Å². The molecule has 184 valence electrons. The van der Waals surface area contributed by atoms with Gasteiger partial charge in [0.25, 0.3) is 0 Å². The highest BCUT2D eigenvalue weighted by molar-refractivity contribution is 7.80. The molecule has 1 aromatic carbocycles. The number of rotatable bonds is 7. The van der Waals surface area contributed by atoms with E-state index in [0.717, 1.165) is 0 Å². The van der Waals surface area contributed by atoms with Gasteiger partial charge in [0.15, 0.2) is 10.2 Å². The molecular formula is C24H27N5O4S2. The second-order valence-electron chi connectivity index (χ2n) is 8.11. The van der Waals surface area contributed by atoms with Gasteiger partial charge >= 0.3 is 0 Å². The Hall–Kier alpha value is -3.23. The minimum atomic E-state index is -1.35. The summed E-state index contributed by atoms with van der Waals surface area (Å²) in [6, 6.07) is 8.28. The smallest absolute Gasteiger partial charge is 0.242 e. The second-order valence-corrected chi connectivity index (χ2v) is 8.84. The highest BCUT2D eigenvalue weighted by Gasteiger charge is 2.55. The van der Waals surface area contributed by atoms with Gasteiger partial charge in [0.05, 0.1) is 11.6 Å². The summed E-state index contributed by atoms with van der Waals surface area (Å²) in [6.45, 7) is 7.91. The maximum absolute atomic E-state index is 13.7. The third kappa shape index (κ3) is 4.32. The molecule has 2 aliphatic rings. The number of hydrogen-bond acceptors (Lipinski definition) is 7. The highest BCUT2D eigenvalue weighted by Crippen LogP contribution is 2.40. The molecule has 2 heterocycles. The van der Waals surface area contributed by atoms with Gasteiger partial charge < -0.3 is 0 Å². The summed E-state index contributed by atoms with van der Waals surface area (Å²) < 4.78 is 0. The van der Waals surface area contributed by atoms with Gasteiger partial charge in [0, 0.05) is 32.1 Å². The van der Waals surface area contributed by atoms with Crippen molar-refractivity contribution in [1.82, 2.24) is 19.6 Å². The van der Waals surface area contributed by atoms with Crippen LogP contribution in [0.4, 0.5) is 0 Å². The standard InChI is InChI=1S/C24H27N5O4S2/c1-5-26-19(30)17(20(31)27(6-2)23(26)34)16(15-11-9-14(13-25)10-12-15)18-21(32)28(7-3)24(35)29(8-4)22(18)33/h9-12,16-18H,5-8H2,1-4H3. The molecule has 0 saturated carbocycles. The van der Waals surface area contributed by atoms with Crippen molar-refractivity contribution in [2.45, 2.75) is 33.6 Å². The zero-order chi connectivity index (χ0) is 26.0. The van der Waals surface area contributed by atoms with Gasteiger partial charge in [-0.25, -0.2) is 0 Å². The Morgan fingerprint density at radius 1 is 0.714 bits per heavy atom. The molecule has 0 bridgehead atoms. The third-order valence-electron chi connectivity index (χ3n) is 6.46. The molecule has 0 atom stereocenters. The molecule has 4 amide bonds. The first-order chi connectivity index (χ1) is 16.7. The van der Waals surface area contributed by atoms with Gasteiger partial charge in [-0.1, -0.05) is 12.1 Å². The second kappa shape index (κ2) is 10.6. The fourth-order valence-electron chi connectivity index (χ4n) is 4.69. The van der Waals surface area contributed by atoms with Gasteiger partial charge in [0.2, 0.25) is 23.6 Å². The maximum Gasteiger partial charge on any atom is 0.242 e. The molecule has 35 heavy (non-hydrogen) atoms. The van der Waals surface area contributed by atoms with Crippen LogP contribution in [0.3, 0.4) is 0 Å². The van der Waals surface area contributed by atoms with Gasteiger partial charge in [-0.3, -0.25) is 38.8 Å². The summed E-state index contributed by atoms with van der Waals surface area (Å²) in [7, 11) is 0. The van der Waals surface area contributed by atoms with Crippen LogP contribution in [0.1, 0.15) is 44.7 Å². The minimum absolute atomic E-state index is 0.104. The lowest BCUT2D eigenvalue weighted by molar-refractivity contribution is -0.153. The van der Waals surface area contributed by atoms with E-state index >= 15 is 0 Å². The lowest BCUT2D eigenvalue weighted by Gasteiger charge is -2.45. The maximum atomic E-state index is 13.7. The van der Waals surface area contributed by atoms with Gasteiger partial charge in [-0.05, 0) is 69.8 Å². The van der Waals surface area contributed by atoms with Crippen molar-refractivity contribution in [2.24, 2.45) is 11.8 Å². The summed E-state index contributed by atoms with van der Waals surface area (Å²) in [4.78, 5) is 60.0. The molecule has 0 unspecified atom stereocenters. The SMILES string of the molecule is CCN1C(=O)C(C(c2ccc(C#N)cc2)C2C(=O)N(CC)C(=S)N(CC)C2=O)C(=O)N(CC)C1=S. The summed E-state index contributed by atoms with van der Waals surface area (Å²) in [5, 5.41) is 9.44. The molecule has 2 saturated heterocycles. The summed E-state index contributed by atoms with van der Waals surface area (Å²) in [6.07, 6.45) is 0. The van der Waals surface area contributed by atoms with E-state index in [9.17, 15) is 24.4 Å². The number of nitriles is 1. The molecule has 11 heteroatoms. The normalized spacial score (nSPS) is 18.3. The van der Waals surface area contributed by atoms with Crippen molar-refractivity contribution >= 4 is 58.3 Å². The zero-order valence-corrected chi connectivity index (χ0v) is 21.7. The van der Waals surface area contributed by atoms with Crippen molar-refractivity contribution in [3.05, 3.63) is 35.4 Å². The molecule has 3 rings (SSSR count). The van der Waals surface area contributed by atoms with Crippen LogP contribution in [0.15, 0.2) is 24.3 Å². The Bertz CT molecular complexity index is 1020. The lowest BCUT2D eigenvalue weighted by Crippen LogP contribution is -2.65. The number of hydrogen-bond donors (Lipinski definition) is 0. The van der Waals surface area contributed by atoms with E-state index in [-0.39, 0.29) is 36.4 Å². The van der Waals surface area contributed by atoms with Crippen molar-refractivity contribution < 1.29 is 19.2 Å². The van der Waals surface area contributed by atoms with Crippen molar-refractivity contribution in [2.75, 3.05) is 26.2 Å². The van der Waals surface area contributed by atoms with E-state index in [2.05, 4.69) is 0 Å². The van der Waals surface area contributed by atoms with Crippen molar-refractivity contribution in [1.29, 1.82) is 5.26 Å². The first kappa shape index (κ1) is 26.4. The molecule has 0 spiro atoms. The number of thiocarbonyl (C=S) groups is 2. The van der Waals surface area contributed by atoms with Crippen molar-refractivity contribution in [3.63, 3.8) is 0 Å². The van der Waals surface area contributed by atoms with Crippen LogP contribution in [0.5, 0.6) is 0 Å². The summed E-state index contributed by atoms with van der Waals surface area (Å²) in [5.41, 5.74) is 0.801. The van der Waals surface area contributed by atoms with Gasteiger partial charge in [-0.15, -0.1) is 0 Å². The third-order valence-corrected chi connectivity index (χ3v) is 7.34. The van der Waals surface area contributed by atoms with Crippen LogP contribution in [0, 0.1) is 23.2 Å². The average Bonchev–Trinajstić information content (AvgIpc) is 2.84. The Kier molecular flexibility index (Phi) is 7.97. The minimum Gasteiger partial charge on any atom is -0.288 e. The van der Waals surface area contributed by atoms with Crippen molar-refractivity contribution in [3.8, 4) is 6.07 Å². The largest absolute Gasteiger partial charge is 0.288 e. The van der Waals surface area contributed by atoms with Crippen LogP contribution in [-0.4, -0.2) is 79.6 Å². The molecule has 2 aliphatic heterocycles. The molecule has 2 fully saturated rings. The summed E-state index contributed by atoms with van der Waals surface area (Å²) in [5.74, 6) is -6.03. The average molecular weight is 514 g/mol. The molecule has 9 nitrogen and oxygen atoms in total. The number of benzene rings is 1. The number of carbonyl (C=O) groups excluding carboxylic acids is 4. The molecule has 0 radical (unpaired) electrons. The molecule has 0 N–H and O–H groups in total. The van der Waals surface area contributed by atoms with Crippen LogP contribution in [-0.2, 0) is 19.2 Å². The van der Waals surface area contributed by atoms with Crippen LogP contribution in [0.25, 0.3) is 0 Å². The molecule has 1 aromatic rings. The predicted octanol–water partition coefficient (Wildman–Crippen LogP) is 1.87. The highest BCUT2D eigenvalue weighted by atomic mass is 32.1. The monoisotopic (exact) mass is 513 g/mol. The van der Waals surface area contributed by atoms with Gasteiger partial charge in [0.1, 0.15) is 11.8 Å². The van der Waals surface area contributed by atoms with Crippen LogP contribution < -0.4 is 0 Å². The topological polar surface area (TPSA) is 105 Å². The zero-order valence-electron chi connectivity index (χ0n) is 20.1. The van der Waals surface area contributed by atoms with Gasteiger partial charge in [-0.2, -0.15) is 5.26 Å². The Balaban J connectivity index is 2.26.